The van der Waals surface area contributed by atoms with Gasteiger partial charge >= 0.3 is 5.97 Å². The van der Waals surface area contributed by atoms with Crippen molar-refractivity contribution in [2.24, 2.45) is 0 Å². The molecule has 1 fully saturated rings. The molecule has 0 radical (unpaired) electrons. The summed E-state index contributed by atoms with van der Waals surface area (Å²) in [6.07, 6.45) is 3.98. The SMILES string of the molecule is Cc1noc(C)c1Cn1cc(N2CCNC2)cn1.O=C(O)COc1ccc(Cl)cc1Cl. The van der Waals surface area contributed by atoms with Crippen LogP contribution in [0.5, 0.6) is 5.75 Å². The zero-order chi connectivity index (χ0) is 22.4. The zero-order valence-corrected chi connectivity index (χ0v) is 18.7. The fourth-order valence-electron chi connectivity index (χ4n) is 2.95. The lowest BCUT2D eigenvalue weighted by Crippen LogP contribution is -2.20. The molecule has 31 heavy (non-hydrogen) atoms. The molecule has 2 N–H and O–H groups in total. The number of ether oxygens (including phenoxy) is 1. The maximum Gasteiger partial charge on any atom is 0.341 e. The summed E-state index contributed by atoms with van der Waals surface area (Å²) in [6.45, 7) is 7.16. The predicted octanol–water partition coefficient (Wildman–Crippen LogP) is 3.36. The molecule has 1 aliphatic heterocycles. The van der Waals surface area contributed by atoms with Gasteiger partial charge in [-0.3, -0.25) is 10.00 Å². The van der Waals surface area contributed by atoms with Crippen molar-refractivity contribution in [1.29, 1.82) is 0 Å². The number of aromatic nitrogens is 3. The Kier molecular flexibility index (Phi) is 7.78. The van der Waals surface area contributed by atoms with Crippen LogP contribution < -0.4 is 15.0 Å². The molecule has 11 heteroatoms. The topological polar surface area (TPSA) is 106 Å². The van der Waals surface area contributed by atoms with E-state index in [4.69, 9.17) is 37.6 Å². The van der Waals surface area contributed by atoms with Gasteiger partial charge in [-0.25, -0.2) is 4.79 Å². The Bertz CT molecular complexity index is 1010. The van der Waals surface area contributed by atoms with Crippen LogP contribution in [0, 0.1) is 13.8 Å². The van der Waals surface area contributed by atoms with Gasteiger partial charge < -0.3 is 19.3 Å². The minimum absolute atomic E-state index is 0.300. The quantitative estimate of drug-likeness (QED) is 0.568. The molecule has 0 aliphatic carbocycles. The van der Waals surface area contributed by atoms with Crippen LogP contribution in [0.4, 0.5) is 5.69 Å². The first-order valence-corrected chi connectivity index (χ1v) is 10.3. The average Bonchev–Trinajstić information content (AvgIpc) is 3.46. The third-order valence-electron chi connectivity index (χ3n) is 4.59. The van der Waals surface area contributed by atoms with Crippen LogP contribution in [-0.2, 0) is 11.3 Å². The van der Waals surface area contributed by atoms with E-state index in [0.717, 1.165) is 42.5 Å². The van der Waals surface area contributed by atoms with Gasteiger partial charge in [-0.15, -0.1) is 0 Å². The van der Waals surface area contributed by atoms with Crippen molar-refractivity contribution in [2.45, 2.75) is 20.4 Å². The predicted molar refractivity (Wildman–Crippen MR) is 117 cm³/mol. The molecule has 1 aromatic carbocycles. The second-order valence-corrected chi connectivity index (χ2v) is 7.72. The molecule has 3 aromatic rings. The molecule has 9 nitrogen and oxygen atoms in total. The van der Waals surface area contributed by atoms with E-state index >= 15 is 0 Å². The Morgan fingerprint density at radius 3 is 2.77 bits per heavy atom. The van der Waals surface area contributed by atoms with Gasteiger partial charge in [0, 0.05) is 29.9 Å². The van der Waals surface area contributed by atoms with Gasteiger partial charge in [-0.2, -0.15) is 5.10 Å². The highest BCUT2D eigenvalue weighted by molar-refractivity contribution is 6.35. The lowest BCUT2D eigenvalue weighted by molar-refractivity contribution is -0.139. The fourth-order valence-corrected chi connectivity index (χ4v) is 3.41. The molecular formula is C20H23Cl2N5O4. The van der Waals surface area contributed by atoms with Crippen LogP contribution in [0.2, 0.25) is 10.0 Å². The molecule has 0 atom stereocenters. The second-order valence-electron chi connectivity index (χ2n) is 6.88. The number of carbonyl (C=O) groups is 1. The van der Waals surface area contributed by atoms with Crippen molar-refractivity contribution >= 4 is 34.9 Å². The van der Waals surface area contributed by atoms with Crippen molar-refractivity contribution in [3.05, 3.63) is 57.7 Å². The van der Waals surface area contributed by atoms with E-state index in [1.54, 1.807) is 6.07 Å². The van der Waals surface area contributed by atoms with Gasteiger partial charge in [-0.1, -0.05) is 28.4 Å². The van der Waals surface area contributed by atoms with Gasteiger partial charge in [0.1, 0.15) is 11.5 Å². The molecule has 4 rings (SSSR count). The number of anilines is 1. The number of aliphatic carboxylic acids is 1. The first-order chi connectivity index (χ1) is 14.8. The van der Waals surface area contributed by atoms with Crippen molar-refractivity contribution in [3.63, 3.8) is 0 Å². The minimum atomic E-state index is -1.05. The van der Waals surface area contributed by atoms with E-state index in [2.05, 4.69) is 26.7 Å². The Morgan fingerprint density at radius 2 is 2.16 bits per heavy atom. The number of carboxylic acids is 1. The molecule has 166 valence electrons. The molecule has 0 spiro atoms. The third-order valence-corrected chi connectivity index (χ3v) is 5.12. The van der Waals surface area contributed by atoms with E-state index in [1.807, 2.05) is 24.7 Å². The molecule has 0 saturated carbocycles. The van der Waals surface area contributed by atoms with Crippen molar-refractivity contribution in [1.82, 2.24) is 20.3 Å². The number of nitrogens with zero attached hydrogens (tertiary/aromatic N) is 4. The number of rotatable bonds is 6. The van der Waals surface area contributed by atoms with Crippen LogP contribution in [-0.4, -0.2) is 52.4 Å². The summed E-state index contributed by atoms with van der Waals surface area (Å²) in [4.78, 5) is 12.4. The molecule has 0 bridgehead atoms. The van der Waals surface area contributed by atoms with Crippen LogP contribution in [0.1, 0.15) is 17.0 Å². The summed E-state index contributed by atoms with van der Waals surface area (Å²) in [6, 6.07) is 4.58. The smallest absolute Gasteiger partial charge is 0.341 e. The maximum atomic E-state index is 10.2. The molecular weight excluding hydrogens is 445 g/mol. The molecule has 1 aliphatic rings. The Morgan fingerprint density at radius 1 is 1.35 bits per heavy atom. The van der Waals surface area contributed by atoms with E-state index < -0.39 is 12.6 Å². The summed E-state index contributed by atoms with van der Waals surface area (Å²) in [5.41, 5.74) is 3.21. The van der Waals surface area contributed by atoms with Crippen LogP contribution in [0.15, 0.2) is 35.1 Å². The highest BCUT2D eigenvalue weighted by Crippen LogP contribution is 2.27. The number of aryl methyl sites for hydroxylation is 2. The summed E-state index contributed by atoms with van der Waals surface area (Å²) < 4.78 is 12.0. The molecule has 1 saturated heterocycles. The van der Waals surface area contributed by atoms with Crippen molar-refractivity contribution in [2.75, 3.05) is 31.3 Å². The van der Waals surface area contributed by atoms with Gasteiger partial charge in [0.05, 0.1) is 35.8 Å². The summed E-state index contributed by atoms with van der Waals surface area (Å²) in [5.74, 6) is 0.131. The number of halogens is 2. The van der Waals surface area contributed by atoms with Gasteiger partial charge in [0.15, 0.2) is 6.61 Å². The monoisotopic (exact) mass is 467 g/mol. The van der Waals surface area contributed by atoms with Gasteiger partial charge in [0.25, 0.3) is 0 Å². The molecule has 0 amide bonds. The van der Waals surface area contributed by atoms with Crippen LogP contribution in [0.25, 0.3) is 0 Å². The van der Waals surface area contributed by atoms with E-state index in [1.165, 1.54) is 12.1 Å². The first-order valence-electron chi connectivity index (χ1n) is 9.53. The van der Waals surface area contributed by atoms with Crippen LogP contribution in [0.3, 0.4) is 0 Å². The number of nitrogens with one attached hydrogen (secondary N) is 1. The molecule has 2 aromatic heterocycles. The Labute approximate surface area is 189 Å². The van der Waals surface area contributed by atoms with Gasteiger partial charge in [0.2, 0.25) is 0 Å². The minimum Gasteiger partial charge on any atom is -0.480 e. The van der Waals surface area contributed by atoms with Crippen molar-refractivity contribution in [3.8, 4) is 5.75 Å². The Balaban J connectivity index is 0.000000187. The highest BCUT2D eigenvalue weighted by Gasteiger charge is 2.15. The second kappa shape index (κ2) is 10.5. The third kappa shape index (κ3) is 6.36. The summed E-state index contributed by atoms with van der Waals surface area (Å²) in [5, 5.41) is 20.8. The summed E-state index contributed by atoms with van der Waals surface area (Å²) >= 11 is 11.3. The van der Waals surface area contributed by atoms with E-state index in [-0.39, 0.29) is 0 Å². The number of hydrogen-bond acceptors (Lipinski definition) is 7. The molecule has 0 unspecified atom stereocenters. The standard InChI is InChI=1S/C12H17N5O.C8H6Cl2O3/c1-9-12(10(2)18-15-9)7-17-6-11(5-14-17)16-4-3-13-8-16;9-5-1-2-7(6(10)3-5)13-4-8(11)12/h5-6,13H,3-4,7-8H2,1-2H3;1-3H,4H2,(H,11,12). The number of benzene rings is 1. The first kappa shape index (κ1) is 22.9. The van der Waals surface area contributed by atoms with Gasteiger partial charge in [-0.05, 0) is 32.0 Å². The maximum absolute atomic E-state index is 10.2. The lowest BCUT2D eigenvalue weighted by Gasteiger charge is -2.12. The Hall–Kier alpha value is -2.75. The zero-order valence-electron chi connectivity index (χ0n) is 17.1. The van der Waals surface area contributed by atoms with Crippen molar-refractivity contribution < 1.29 is 19.2 Å². The summed E-state index contributed by atoms with van der Waals surface area (Å²) in [7, 11) is 0. The fraction of sp³-hybridized carbons (Fsp3) is 0.350. The number of carboxylic acid groups (broad SMARTS) is 1. The lowest BCUT2D eigenvalue weighted by atomic mass is 10.2. The normalized spacial score (nSPS) is 13.1. The largest absolute Gasteiger partial charge is 0.480 e. The van der Waals surface area contributed by atoms with Crippen LogP contribution >= 0.6 is 23.2 Å². The average molecular weight is 468 g/mol. The number of hydrogen-bond donors (Lipinski definition) is 2. The van der Waals surface area contributed by atoms with E-state index in [0.29, 0.717) is 22.3 Å². The van der Waals surface area contributed by atoms with E-state index in [9.17, 15) is 4.79 Å². The highest BCUT2D eigenvalue weighted by atomic mass is 35.5. The molecule has 3 heterocycles.